The average molecular weight is 462 g/mol. The first-order valence-corrected chi connectivity index (χ1v) is 10.8. The van der Waals surface area contributed by atoms with Crippen molar-refractivity contribution in [2.75, 3.05) is 10.6 Å². The fraction of sp³-hybridized carbons (Fsp3) is 0.238. The number of amides is 3. The highest BCUT2D eigenvalue weighted by Gasteiger charge is 2.27. The van der Waals surface area contributed by atoms with E-state index in [1.807, 2.05) is 13.8 Å². The molecule has 2 aromatic carbocycles. The van der Waals surface area contributed by atoms with Crippen LogP contribution in [0.15, 0.2) is 48.5 Å². The Labute approximate surface area is 188 Å². The number of carbonyl (C=O) groups is 2. The van der Waals surface area contributed by atoms with E-state index >= 15 is 0 Å². The lowest BCUT2D eigenvalue weighted by Gasteiger charge is -2.23. The first-order valence-electron chi connectivity index (χ1n) is 9.59. The second-order valence-electron chi connectivity index (χ2n) is 6.88. The normalized spacial score (nSPS) is 12.6. The lowest BCUT2D eigenvalue weighted by molar-refractivity contribution is -0.119. The van der Waals surface area contributed by atoms with Crippen molar-refractivity contribution in [2.45, 2.75) is 26.3 Å². The van der Waals surface area contributed by atoms with Gasteiger partial charge in [0.05, 0.1) is 0 Å². The number of rotatable bonds is 7. The predicted octanol–water partition coefficient (Wildman–Crippen LogP) is 5.17. The van der Waals surface area contributed by atoms with Gasteiger partial charge in [-0.1, -0.05) is 49.3 Å². The van der Waals surface area contributed by atoms with Crippen LogP contribution in [0, 0.1) is 11.7 Å². The van der Waals surface area contributed by atoms with E-state index in [2.05, 4.69) is 26.1 Å². The summed E-state index contributed by atoms with van der Waals surface area (Å²) in [5.41, 5.74) is 1.21. The summed E-state index contributed by atoms with van der Waals surface area (Å²) in [5, 5.41) is 17.4. The molecule has 0 bridgehead atoms. The quantitative estimate of drug-likeness (QED) is 0.452. The molecule has 162 valence electrons. The van der Waals surface area contributed by atoms with E-state index in [0.29, 0.717) is 27.7 Å². The second-order valence-corrected chi connectivity index (χ2v) is 8.29. The summed E-state index contributed by atoms with van der Waals surface area (Å²) in [6.45, 7) is 3.80. The molecule has 0 saturated carbocycles. The zero-order valence-corrected chi connectivity index (χ0v) is 18.4. The van der Waals surface area contributed by atoms with Crippen molar-refractivity contribution < 1.29 is 14.0 Å². The van der Waals surface area contributed by atoms with Gasteiger partial charge in [0.15, 0.2) is 0 Å². The number of carbonyl (C=O) groups excluding carboxylic acids is 2. The highest BCUT2D eigenvalue weighted by molar-refractivity contribution is 7.18. The number of aromatic nitrogens is 2. The van der Waals surface area contributed by atoms with Crippen LogP contribution in [-0.2, 0) is 4.79 Å². The molecular weight excluding hydrogens is 441 g/mol. The Morgan fingerprint density at radius 2 is 1.87 bits per heavy atom. The zero-order valence-electron chi connectivity index (χ0n) is 16.9. The molecule has 0 aliphatic carbocycles. The van der Waals surface area contributed by atoms with Gasteiger partial charge in [0.1, 0.15) is 16.9 Å². The van der Waals surface area contributed by atoms with Crippen LogP contribution in [0.2, 0.25) is 5.02 Å². The van der Waals surface area contributed by atoms with E-state index in [1.54, 1.807) is 36.4 Å². The van der Waals surface area contributed by atoms with Crippen LogP contribution in [0.3, 0.4) is 0 Å². The van der Waals surface area contributed by atoms with Crippen LogP contribution in [0.5, 0.6) is 0 Å². The van der Waals surface area contributed by atoms with Crippen molar-refractivity contribution in [1.29, 1.82) is 0 Å². The average Bonchev–Trinajstić information content (AvgIpc) is 3.20. The van der Waals surface area contributed by atoms with E-state index < -0.39 is 18.0 Å². The van der Waals surface area contributed by atoms with Gasteiger partial charge >= 0.3 is 6.03 Å². The monoisotopic (exact) mass is 461 g/mol. The SMILES string of the molecule is CCC(C)C(NC(=O)Nc1cccc(Cl)c1)C(=O)Nc1nnc(-c2ccc(F)cc2)s1. The number of hydrogen-bond donors (Lipinski definition) is 3. The highest BCUT2D eigenvalue weighted by atomic mass is 35.5. The number of hydrogen-bond acceptors (Lipinski definition) is 5. The molecule has 1 aromatic heterocycles. The topological polar surface area (TPSA) is 96.0 Å². The largest absolute Gasteiger partial charge is 0.326 e. The maximum atomic E-state index is 13.1. The highest BCUT2D eigenvalue weighted by Crippen LogP contribution is 2.26. The molecule has 0 aliphatic heterocycles. The molecule has 2 unspecified atom stereocenters. The Bertz CT molecular complexity index is 1060. The van der Waals surface area contributed by atoms with Gasteiger partial charge in [-0.3, -0.25) is 10.1 Å². The summed E-state index contributed by atoms with van der Waals surface area (Å²) in [5.74, 6) is -0.882. The molecule has 3 amide bonds. The van der Waals surface area contributed by atoms with E-state index in [-0.39, 0.29) is 16.9 Å². The summed E-state index contributed by atoms with van der Waals surface area (Å²) in [7, 11) is 0. The van der Waals surface area contributed by atoms with Crippen LogP contribution >= 0.6 is 22.9 Å². The summed E-state index contributed by atoms with van der Waals surface area (Å²) in [6, 6.07) is 11.2. The first kappa shape index (κ1) is 22.6. The summed E-state index contributed by atoms with van der Waals surface area (Å²) in [4.78, 5) is 25.3. The second kappa shape index (κ2) is 10.3. The molecule has 0 aliphatic rings. The molecule has 0 radical (unpaired) electrons. The number of nitrogens with one attached hydrogen (secondary N) is 3. The number of halogens is 2. The van der Waals surface area contributed by atoms with Crippen LogP contribution in [0.25, 0.3) is 10.6 Å². The minimum atomic E-state index is -0.789. The van der Waals surface area contributed by atoms with Crippen LogP contribution in [0.1, 0.15) is 20.3 Å². The Hall–Kier alpha value is -3.04. The van der Waals surface area contributed by atoms with Crippen molar-refractivity contribution in [3.05, 3.63) is 59.4 Å². The number of nitrogens with zero attached hydrogens (tertiary/aromatic N) is 2. The molecular formula is C21H21ClFN5O2S. The van der Waals surface area contributed by atoms with Crippen molar-refractivity contribution in [2.24, 2.45) is 5.92 Å². The Kier molecular flexibility index (Phi) is 7.54. The first-order chi connectivity index (χ1) is 14.9. The maximum Gasteiger partial charge on any atom is 0.319 e. The molecule has 10 heteroatoms. The van der Waals surface area contributed by atoms with Gasteiger partial charge in [-0.25, -0.2) is 9.18 Å². The lowest BCUT2D eigenvalue weighted by atomic mass is 9.98. The van der Waals surface area contributed by atoms with Crippen molar-refractivity contribution in [1.82, 2.24) is 15.5 Å². The van der Waals surface area contributed by atoms with E-state index in [4.69, 9.17) is 11.6 Å². The Morgan fingerprint density at radius 1 is 1.13 bits per heavy atom. The van der Waals surface area contributed by atoms with Crippen LogP contribution in [-0.4, -0.2) is 28.2 Å². The lowest BCUT2D eigenvalue weighted by Crippen LogP contribution is -2.49. The van der Waals surface area contributed by atoms with E-state index in [1.165, 1.54) is 12.1 Å². The van der Waals surface area contributed by atoms with Gasteiger partial charge in [-0.2, -0.15) is 0 Å². The van der Waals surface area contributed by atoms with Crippen LogP contribution in [0.4, 0.5) is 20.0 Å². The van der Waals surface area contributed by atoms with E-state index in [0.717, 1.165) is 11.3 Å². The summed E-state index contributed by atoms with van der Waals surface area (Å²) < 4.78 is 13.1. The molecule has 0 spiro atoms. The van der Waals surface area contributed by atoms with Gasteiger partial charge in [0, 0.05) is 16.3 Å². The van der Waals surface area contributed by atoms with Gasteiger partial charge in [0.2, 0.25) is 11.0 Å². The minimum absolute atomic E-state index is 0.130. The standard InChI is InChI=1S/C21H21ClFN5O2S/c1-3-12(2)17(25-20(30)24-16-6-4-5-14(22)11-16)18(29)26-21-28-27-19(31-21)13-7-9-15(23)10-8-13/h4-12,17H,3H2,1-2H3,(H2,24,25,30)(H,26,28,29). The van der Waals surface area contributed by atoms with Gasteiger partial charge < -0.3 is 10.6 Å². The minimum Gasteiger partial charge on any atom is -0.326 e. The van der Waals surface area contributed by atoms with Crippen molar-refractivity contribution in [3.8, 4) is 10.6 Å². The third-order valence-corrected chi connectivity index (χ3v) is 5.73. The number of anilines is 2. The molecule has 3 N–H and O–H groups in total. The van der Waals surface area contributed by atoms with Crippen molar-refractivity contribution in [3.63, 3.8) is 0 Å². The molecule has 7 nitrogen and oxygen atoms in total. The van der Waals surface area contributed by atoms with Crippen LogP contribution < -0.4 is 16.0 Å². The Balaban J connectivity index is 1.67. The smallest absolute Gasteiger partial charge is 0.319 e. The summed E-state index contributed by atoms with van der Waals surface area (Å²) >= 11 is 7.10. The molecule has 3 aromatic rings. The molecule has 3 rings (SSSR count). The van der Waals surface area contributed by atoms with Gasteiger partial charge in [-0.05, 0) is 48.4 Å². The fourth-order valence-electron chi connectivity index (χ4n) is 2.74. The Morgan fingerprint density at radius 3 is 2.55 bits per heavy atom. The van der Waals surface area contributed by atoms with E-state index in [9.17, 15) is 14.0 Å². The third kappa shape index (κ3) is 6.22. The number of benzene rings is 2. The summed E-state index contributed by atoms with van der Waals surface area (Å²) in [6.07, 6.45) is 0.673. The fourth-order valence-corrected chi connectivity index (χ4v) is 3.68. The van der Waals surface area contributed by atoms with Gasteiger partial charge in [-0.15, -0.1) is 10.2 Å². The molecule has 0 fully saturated rings. The molecule has 31 heavy (non-hydrogen) atoms. The number of urea groups is 1. The van der Waals surface area contributed by atoms with Crippen molar-refractivity contribution >= 4 is 45.7 Å². The third-order valence-electron chi connectivity index (χ3n) is 4.61. The molecule has 0 saturated heterocycles. The molecule has 1 heterocycles. The molecule has 2 atom stereocenters. The maximum absolute atomic E-state index is 13.1. The van der Waals surface area contributed by atoms with Gasteiger partial charge in [0.25, 0.3) is 0 Å². The zero-order chi connectivity index (χ0) is 22.4. The predicted molar refractivity (Wildman–Crippen MR) is 121 cm³/mol.